The van der Waals surface area contributed by atoms with Gasteiger partial charge in [-0.3, -0.25) is 0 Å². The van der Waals surface area contributed by atoms with Gasteiger partial charge in [0.25, 0.3) is 0 Å². The van der Waals surface area contributed by atoms with Gasteiger partial charge in [0.15, 0.2) is 5.84 Å². The summed E-state index contributed by atoms with van der Waals surface area (Å²) in [6.07, 6.45) is 1.50. The summed E-state index contributed by atoms with van der Waals surface area (Å²) in [5.41, 5.74) is 14.7. The molecule has 0 bridgehead atoms. The minimum Gasteiger partial charge on any atom is -0.456 e. The van der Waals surface area contributed by atoms with Gasteiger partial charge in [0.1, 0.15) is 11.2 Å². The Balaban J connectivity index is 0.979. The third kappa shape index (κ3) is 6.24. The van der Waals surface area contributed by atoms with Crippen LogP contribution in [0.25, 0.3) is 114 Å². The lowest BCUT2D eigenvalue weighted by Crippen LogP contribution is -2.11. The highest BCUT2D eigenvalue weighted by molar-refractivity contribution is 7.25. The van der Waals surface area contributed by atoms with E-state index in [-0.39, 0.29) is 0 Å². The fourth-order valence-corrected chi connectivity index (χ4v) is 12.6. The molecule has 0 unspecified atom stereocenters. The van der Waals surface area contributed by atoms with E-state index in [0.29, 0.717) is 5.84 Å². The molecule has 0 N–H and O–H groups in total. The van der Waals surface area contributed by atoms with E-state index in [4.69, 9.17) is 14.4 Å². The van der Waals surface area contributed by atoms with Crippen molar-refractivity contribution < 1.29 is 4.42 Å². The lowest BCUT2D eigenvalue weighted by Gasteiger charge is -2.18. The quantitative estimate of drug-likeness (QED) is 0.170. The molecule has 334 valence electrons. The molecule has 14 aromatic rings. The van der Waals surface area contributed by atoms with Crippen LogP contribution in [0.15, 0.2) is 232 Å². The minimum atomic E-state index is 0.690. The summed E-state index contributed by atoms with van der Waals surface area (Å²) in [5, 5.41) is 11.9. The maximum absolute atomic E-state index is 6.85. The number of benzene rings is 10. The number of allylic oxidation sites excluding steroid dienone is 1. The second-order valence-corrected chi connectivity index (χ2v) is 20.0. The van der Waals surface area contributed by atoms with E-state index >= 15 is 0 Å². The molecule has 4 aromatic heterocycles. The zero-order valence-corrected chi connectivity index (χ0v) is 39.5. The smallest absolute Gasteiger partial charge is 0.160 e. The molecular weight excluding hydrogens is 885 g/mol. The van der Waals surface area contributed by atoms with Crippen LogP contribution in [0.1, 0.15) is 36.5 Å². The van der Waals surface area contributed by atoms with Crippen molar-refractivity contribution in [3.63, 3.8) is 0 Å². The standard InChI is InChI=1S/C65H42N4OS/c1-39-27-31-54(42-29-32-57-51(34-42)46-19-7-11-23-55(46)68(57)44-17-3-2-4-18-44)66-65(43-28-30-49-48-21-10-14-26-61(48)71-62(49)36-43)67-64(39)53-37-45(38-60-63(53)50-22-9-13-25-59(50)70-60)69-56-24-12-8-20-47(56)52-33-40-15-5-6-16-41(40)35-58(52)69/h2-26,28-30,32-38H,27,31H2,1H3/b64-39+,66-54+,67-65-. The van der Waals surface area contributed by atoms with Crippen molar-refractivity contribution in [2.75, 3.05) is 0 Å². The first kappa shape index (κ1) is 40.1. The zero-order valence-electron chi connectivity index (χ0n) is 38.7. The monoisotopic (exact) mass is 926 g/mol. The zero-order chi connectivity index (χ0) is 46.7. The molecule has 0 fully saturated rings. The number of fused-ring (bicyclic) bond motifs is 13. The fourth-order valence-electron chi connectivity index (χ4n) is 11.4. The molecule has 5 heterocycles. The Morgan fingerprint density at radius 1 is 0.423 bits per heavy atom. The van der Waals surface area contributed by atoms with Crippen molar-refractivity contribution >= 4 is 125 Å². The lowest BCUT2D eigenvalue weighted by atomic mass is 9.95. The molecule has 0 amide bonds. The highest BCUT2D eigenvalue weighted by Gasteiger charge is 2.24. The molecule has 0 saturated carbocycles. The SMILES string of the molecule is C\C1=C(c2cc(-n3c4ccccc4c4cc5ccccc5cc43)cc3oc4ccccc4c23)/N=C(c2ccc3c(c2)sc2ccccc23)\N=C(\c2ccc3c(c2)c2ccccc2n3-c2ccccc2)CC1. The Morgan fingerprint density at radius 2 is 1.06 bits per heavy atom. The molecule has 15 rings (SSSR count). The second kappa shape index (κ2) is 15.6. The van der Waals surface area contributed by atoms with Gasteiger partial charge in [-0.1, -0.05) is 133 Å². The molecule has 5 nitrogen and oxygen atoms in total. The van der Waals surface area contributed by atoms with Gasteiger partial charge in [0.2, 0.25) is 0 Å². The number of hydrogen-bond acceptors (Lipinski definition) is 4. The van der Waals surface area contributed by atoms with Gasteiger partial charge in [-0.25, -0.2) is 9.98 Å². The van der Waals surface area contributed by atoms with Crippen molar-refractivity contribution in [3.8, 4) is 11.4 Å². The number of nitrogens with zero attached hydrogens (tertiary/aromatic N) is 4. The summed E-state index contributed by atoms with van der Waals surface area (Å²) in [7, 11) is 0. The van der Waals surface area contributed by atoms with Crippen LogP contribution in [0, 0.1) is 0 Å². The first-order chi connectivity index (χ1) is 35.1. The second-order valence-electron chi connectivity index (χ2n) is 18.9. The van der Waals surface area contributed by atoms with Gasteiger partial charge >= 0.3 is 0 Å². The number of aliphatic imine (C=N–C) groups is 2. The van der Waals surface area contributed by atoms with Gasteiger partial charge in [0, 0.05) is 75.4 Å². The lowest BCUT2D eigenvalue weighted by molar-refractivity contribution is 0.668. The maximum atomic E-state index is 6.85. The van der Waals surface area contributed by atoms with Gasteiger partial charge in [-0.15, -0.1) is 11.3 Å². The van der Waals surface area contributed by atoms with Crippen LogP contribution in [0.5, 0.6) is 0 Å². The Bertz CT molecular complexity index is 4650. The number of furan rings is 1. The maximum Gasteiger partial charge on any atom is 0.160 e. The first-order valence-electron chi connectivity index (χ1n) is 24.3. The predicted octanol–water partition coefficient (Wildman–Crippen LogP) is 17.8. The summed E-state index contributed by atoms with van der Waals surface area (Å²) < 4.78 is 14.1. The molecule has 0 spiro atoms. The van der Waals surface area contributed by atoms with E-state index in [1.807, 2.05) is 11.3 Å². The van der Waals surface area contributed by atoms with Gasteiger partial charge in [0.05, 0.1) is 39.2 Å². The third-order valence-corrected chi connectivity index (χ3v) is 15.9. The number of para-hydroxylation sites is 4. The minimum absolute atomic E-state index is 0.690. The summed E-state index contributed by atoms with van der Waals surface area (Å²) >= 11 is 1.82. The predicted molar refractivity (Wildman–Crippen MR) is 301 cm³/mol. The van der Waals surface area contributed by atoms with Crippen molar-refractivity contribution in [1.29, 1.82) is 0 Å². The largest absolute Gasteiger partial charge is 0.456 e. The summed E-state index contributed by atoms with van der Waals surface area (Å²) in [6.45, 7) is 2.26. The van der Waals surface area contributed by atoms with Crippen LogP contribution in [0.2, 0.25) is 0 Å². The highest BCUT2D eigenvalue weighted by atomic mass is 32.1. The number of amidine groups is 1. The van der Waals surface area contributed by atoms with Gasteiger partial charge in [-0.05, 0) is 114 Å². The van der Waals surface area contributed by atoms with E-state index in [1.165, 1.54) is 69.1 Å². The molecule has 1 aliphatic heterocycles. The first-order valence-corrected chi connectivity index (χ1v) is 25.2. The van der Waals surface area contributed by atoms with Crippen molar-refractivity contribution in [2.45, 2.75) is 19.8 Å². The van der Waals surface area contributed by atoms with Gasteiger partial charge < -0.3 is 13.6 Å². The Kier molecular flexibility index (Phi) is 8.80. The van der Waals surface area contributed by atoms with Crippen LogP contribution < -0.4 is 0 Å². The molecule has 0 radical (unpaired) electrons. The topological polar surface area (TPSA) is 47.7 Å². The van der Waals surface area contributed by atoms with Gasteiger partial charge in [-0.2, -0.15) is 0 Å². The van der Waals surface area contributed by atoms with Crippen LogP contribution >= 0.6 is 11.3 Å². The highest BCUT2D eigenvalue weighted by Crippen LogP contribution is 2.43. The summed E-state index contributed by atoms with van der Waals surface area (Å²) in [6, 6.07) is 76.8. The Morgan fingerprint density at radius 3 is 1.87 bits per heavy atom. The molecule has 0 atom stereocenters. The van der Waals surface area contributed by atoms with Crippen LogP contribution in [-0.2, 0) is 0 Å². The van der Waals surface area contributed by atoms with Crippen LogP contribution in [0.4, 0.5) is 0 Å². The number of thiophene rings is 1. The van der Waals surface area contributed by atoms with Crippen LogP contribution in [-0.4, -0.2) is 20.7 Å². The van der Waals surface area contributed by atoms with Crippen molar-refractivity contribution in [2.24, 2.45) is 9.98 Å². The Hall–Kier alpha value is -8.84. The normalized spacial score (nSPS) is 16.2. The number of aromatic nitrogens is 2. The Labute approximate surface area is 412 Å². The molecular formula is C65H42N4OS. The average molecular weight is 927 g/mol. The molecule has 0 saturated heterocycles. The van der Waals surface area contributed by atoms with E-state index in [0.717, 1.165) is 85.3 Å². The third-order valence-electron chi connectivity index (χ3n) is 14.8. The molecule has 10 aromatic carbocycles. The van der Waals surface area contributed by atoms with Crippen LogP contribution in [0.3, 0.4) is 0 Å². The van der Waals surface area contributed by atoms with E-state index in [9.17, 15) is 0 Å². The van der Waals surface area contributed by atoms with Crippen molar-refractivity contribution in [3.05, 3.63) is 235 Å². The number of hydrogen-bond donors (Lipinski definition) is 0. The van der Waals surface area contributed by atoms with E-state index in [1.54, 1.807) is 0 Å². The molecule has 0 aliphatic carbocycles. The average Bonchev–Trinajstić information content (AvgIpc) is 4.17. The fraction of sp³-hybridized carbons (Fsp3) is 0.0462. The van der Waals surface area contributed by atoms with E-state index < -0.39 is 0 Å². The van der Waals surface area contributed by atoms with Crippen molar-refractivity contribution in [1.82, 2.24) is 9.13 Å². The molecule has 71 heavy (non-hydrogen) atoms. The number of rotatable bonds is 5. The summed E-state index contributed by atoms with van der Waals surface area (Å²) in [4.78, 5) is 11.5. The molecule has 1 aliphatic rings. The molecule has 6 heteroatoms. The summed E-state index contributed by atoms with van der Waals surface area (Å²) in [5.74, 6) is 0.690. The van der Waals surface area contributed by atoms with E-state index in [2.05, 4.69) is 228 Å².